The van der Waals surface area contributed by atoms with Gasteiger partial charge in [-0.2, -0.15) is 0 Å². The van der Waals surface area contributed by atoms with Gasteiger partial charge in [0.05, 0.1) is 33.0 Å². The van der Waals surface area contributed by atoms with Crippen molar-refractivity contribution in [1.82, 2.24) is 0 Å². The highest BCUT2D eigenvalue weighted by atomic mass is 16.5. The highest BCUT2D eigenvalue weighted by molar-refractivity contribution is 5.25. The molecule has 0 atom stereocenters. The molecule has 16 heavy (non-hydrogen) atoms. The van der Waals surface area contributed by atoms with Crippen molar-refractivity contribution < 1.29 is 19.3 Å². The Morgan fingerprint density at radius 1 is 0.938 bits per heavy atom. The molecule has 90 valence electrons. The summed E-state index contributed by atoms with van der Waals surface area (Å²) in [6.45, 7) is 2.87. The van der Waals surface area contributed by atoms with Crippen molar-refractivity contribution in [2.75, 3.05) is 33.5 Å². The Bertz CT molecular complexity index is 271. The first-order chi connectivity index (χ1) is 7.83. The number of ether oxygens (including phenoxy) is 3. The molecule has 0 radical (unpaired) electrons. The van der Waals surface area contributed by atoms with E-state index in [1.54, 1.807) is 19.2 Å². The zero-order valence-electron chi connectivity index (χ0n) is 9.52. The quantitative estimate of drug-likeness (QED) is 0.683. The molecule has 0 aliphatic carbocycles. The van der Waals surface area contributed by atoms with Gasteiger partial charge in [0, 0.05) is 7.11 Å². The fraction of sp³-hybridized carbons (Fsp3) is 0.500. The molecule has 0 heterocycles. The summed E-state index contributed by atoms with van der Waals surface area (Å²) in [6, 6.07) is 6.96. The molecular weight excluding hydrogens is 208 g/mol. The Balaban J connectivity index is 2.01. The van der Waals surface area contributed by atoms with Crippen LogP contribution in [0.2, 0.25) is 0 Å². The smallest absolute Gasteiger partial charge is 0.115 e. The maximum atomic E-state index is 9.08. The van der Waals surface area contributed by atoms with E-state index in [1.165, 1.54) is 0 Å². The molecule has 0 aliphatic heterocycles. The summed E-state index contributed by atoms with van der Waals surface area (Å²) < 4.78 is 15.5. The molecule has 0 amide bonds. The van der Waals surface area contributed by atoms with Crippen LogP contribution in [-0.4, -0.2) is 38.6 Å². The number of hydrogen-bond acceptors (Lipinski definition) is 4. The zero-order chi connectivity index (χ0) is 11.6. The second-order valence-electron chi connectivity index (χ2n) is 3.32. The third kappa shape index (κ3) is 5.70. The lowest BCUT2D eigenvalue weighted by Crippen LogP contribution is -2.08. The van der Waals surface area contributed by atoms with Gasteiger partial charge >= 0.3 is 0 Å². The van der Waals surface area contributed by atoms with Crippen LogP contribution in [0.1, 0.15) is 5.56 Å². The Morgan fingerprint density at radius 2 is 1.56 bits per heavy atom. The van der Waals surface area contributed by atoms with Crippen molar-refractivity contribution in [2.24, 2.45) is 0 Å². The van der Waals surface area contributed by atoms with Gasteiger partial charge in [-0.15, -0.1) is 0 Å². The monoisotopic (exact) mass is 226 g/mol. The average Bonchev–Trinajstić information content (AvgIpc) is 2.30. The van der Waals surface area contributed by atoms with Crippen LogP contribution < -0.4 is 0 Å². The second kappa shape index (κ2) is 8.10. The van der Waals surface area contributed by atoms with E-state index in [1.807, 2.05) is 12.1 Å². The standard InChI is InChI=1S/C12H18O4/c1-14-6-7-15-8-9-16-10-11-2-4-12(13)5-3-11/h2-5,13H,6-10H2,1H3. The van der Waals surface area contributed by atoms with Crippen LogP contribution in [0.15, 0.2) is 24.3 Å². The van der Waals surface area contributed by atoms with Crippen molar-refractivity contribution >= 4 is 0 Å². The predicted molar refractivity (Wildman–Crippen MR) is 60.5 cm³/mol. The SMILES string of the molecule is COCCOCCOCc1ccc(O)cc1. The van der Waals surface area contributed by atoms with Crippen LogP contribution in [0.4, 0.5) is 0 Å². The van der Waals surface area contributed by atoms with Gasteiger partial charge in [-0.25, -0.2) is 0 Å². The molecule has 1 aromatic carbocycles. The first-order valence-electron chi connectivity index (χ1n) is 5.25. The van der Waals surface area contributed by atoms with Gasteiger partial charge in [-0.1, -0.05) is 12.1 Å². The third-order valence-corrected chi connectivity index (χ3v) is 2.01. The number of aromatic hydroxyl groups is 1. The topological polar surface area (TPSA) is 47.9 Å². The maximum absolute atomic E-state index is 9.08. The van der Waals surface area contributed by atoms with E-state index >= 15 is 0 Å². The Labute approximate surface area is 95.8 Å². The lowest BCUT2D eigenvalue weighted by molar-refractivity contribution is 0.0199. The molecule has 0 fully saturated rings. The highest BCUT2D eigenvalue weighted by Crippen LogP contribution is 2.10. The van der Waals surface area contributed by atoms with Crippen LogP contribution in [-0.2, 0) is 20.8 Å². The predicted octanol–water partition coefficient (Wildman–Crippen LogP) is 1.57. The summed E-state index contributed by atoms with van der Waals surface area (Å²) in [5.41, 5.74) is 1.04. The van der Waals surface area contributed by atoms with Gasteiger partial charge in [0.1, 0.15) is 5.75 Å². The molecule has 0 saturated heterocycles. The van der Waals surface area contributed by atoms with Gasteiger partial charge in [0.15, 0.2) is 0 Å². The fourth-order valence-corrected chi connectivity index (χ4v) is 1.14. The van der Waals surface area contributed by atoms with Crippen molar-refractivity contribution in [3.8, 4) is 5.75 Å². The minimum absolute atomic E-state index is 0.270. The minimum Gasteiger partial charge on any atom is -0.508 e. The lowest BCUT2D eigenvalue weighted by atomic mass is 10.2. The van der Waals surface area contributed by atoms with Crippen molar-refractivity contribution in [3.63, 3.8) is 0 Å². The van der Waals surface area contributed by atoms with E-state index in [9.17, 15) is 0 Å². The zero-order valence-corrected chi connectivity index (χ0v) is 9.52. The minimum atomic E-state index is 0.270. The van der Waals surface area contributed by atoms with E-state index in [0.29, 0.717) is 33.0 Å². The molecule has 0 unspecified atom stereocenters. The number of methoxy groups -OCH3 is 1. The van der Waals surface area contributed by atoms with Crippen molar-refractivity contribution in [2.45, 2.75) is 6.61 Å². The van der Waals surface area contributed by atoms with Crippen LogP contribution in [0.3, 0.4) is 0 Å². The molecule has 0 saturated carbocycles. The number of hydrogen-bond donors (Lipinski definition) is 1. The third-order valence-electron chi connectivity index (χ3n) is 2.01. The largest absolute Gasteiger partial charge is 0.508 e. The molecule has 1 aromatic rings. The summed E-state index contributed by atoms with van der Waals surface area (Å²) in [5, 5.41) is 9.08. The summed E-state index contributed by atoms with van der Waals surface area (Å²) >= 11 is 0. The van der Waals surface area contributed by atoms with Crippen molar-refractivity contribution in [1.29, 1.82) is 0 Å². The second-order valence-corrected chi connectivity index (χ2v) is 3.32. The molecule has 0 bridgehead atoms. The number of benzene rings is 1. The molecule has 4 heteroatoms. The van der Waals surface area contributed by atoms with Crippen molar-refractivity contribution in [3.05, 3.63) is 29.8 Å². The summed E-state index contributed by atoms with van der Waals surface area (Å²) in [7, 11) is 1.64. The summed E-state index contributed by atoms with van der Waals surface area (Å²) in [4.78, 5) is 0. The molecule has 0 aliphatic rings. The lowest BCUT2D eigenvalue weighted by Gasteiger charge is -2.05. The van der Waals surface area contributed by atoms with Gasteiger partial charge in [0.2, 0.25) is 0 Å². The normalized spacial score (nSPS) is 10.6. The summed E-state index contributed by atoms with van der Waals surface area (Å²) in [6.07, 6.45) is 0. The number of phenolic OH excluding ortho intramolecular Hbond substituents is 1. The van der Waals surface area contributed by atoms with E-state index < -0.39 is 0 Å². The number of phenols is 1. The van der Waals surface area contributed by atoms with Gasteiger partial charge < -0.3 is 19.3 Å². The van der Waals surface area contributed by atoms with Gasteiger partial charge in [0.25, 0.3) is 0 Å². The van der Waals surface area contributed by atoms with Crippen LogP contribution in [0.25, 0.3) is 0 Å². The van der Waals surface area contributed by atoms with Gasteiger partial charge in [-0.3, -0.25) is 0 Å². The van der Waals surface area contributed by atoms with E-state index in [2.05, 4.69) is 0 Å². The molecule has 4 nitrogen and oxygen atoms in total. The first kappa shape index (κ1) is 13.0. The average molecular weight is 226 g/mol. The van der Waals surface area contributed by atoms with Crippen LogP contribution in [0, 0.1) is 0 Å². The van der Waals surface area contributed by atoms with E-state index in [0.717, 1.165) is 5.56 Å². The van der Waals surface area contributed by atoms with Gasteiger partial charge in [-0.05, 0) is 17.7 Å². The van der Waals surface area contributed by atoms with E-state index in [4.69, 9.17) is 19.3 Å². The maximum Gasteiger partial charge on any atom is 0.115 e. The number of rotatable bonds is 8. The van der Waals surface area contributed by atoms with Crippen LogP contribution in [0.5, 0.6) is 5.75 Å². The molecule has 0 spiro atoms. The molecule has 1 N–H and O–H groups in total. The molecular formula is C12H18O4. The Morgan fingerprint density at radius 3 is 2.25 bits per heavy atom. The highest BCUT2D eigenvalue weighted by Gasteiger charge is 1.94. The fourth-order valence-electron chi connectivity index (χ4n) is 1.14. The molecule has 0 aromatic heterocycles. The summed E-state index contributed by atoms with van der Waals surface area (Å²) in [5.74, 6) is 0.270. The Kier molecular flexibility index (Phi) is 6.56. The van der Waals surface area contributed by atoms with Crippen LogP contribution >= 0.6 is 0 Å². The van der Waals surface area contributed by atoms with E-state index in [-0.39, 0.29) is 5.75 Å². The Hall–Kier alpha value is -1.10. The molecule has 1 rings (SSSR count). The first-order valence-corrected chi connectivity index (χ1v) is 5.25.